The van der Waals surface area contributed by atoms with E-state index < -0.39 is 0 Å². The fourth-order valence-electron chi connectivity index (χ4n) is 3.23. The lowest BCUT2D eigenvalue weighted by Gasteiger charge is -2.28. The number of aryl methyl sites for hydroxylation is 1. The van der Waals surface area contributed by atoms with Crippen molar-refractivity contribution in [2.24, 2.45) is 5.92 Å². The Kier molecular flexibility index (Phi) is 4.48. The minimum atomic E-state index is 0.207. The standard InChI is InChI=1S/C18H24N2O2/c1-2-13-10-15(19)18-16(20-13)4-3-5-17(18)22-14-8-6-12(11-21)7-9-14/h3-5,10,12,14,21H,2,6-9,11H2,1H3,(H2,19,20)/t12-,14-. The van der Waals surface area contributed by atoms with Gasteiger partial charge in [-0.1, -0.05) is 13.0 Å². The van der Waals surface area contributed by atoms with Gasteiger partial charge in [0.2, 0.25) is 0 Å². The molecule has 1 aromatic heterocycles. The second-order valence-electron chi connectivity index (χ2n) is 6.15. The molecule has 3 N–H and O–H groups in total. The van der Waals surface area contributed by atoms with Crippen LogP contribution < -0.4 is 10.5 Å². The minimum Gasteiger partial charge on any atom is -0.490 e. The molecule has 0 radical (unpaired) electrons. The maximum absolute atomic E-state index is 9.23. The van der Waals surface area contributed by atoms with Crippen LogP contribution in [0.5, 0.6) is 5.75 Å². The lowest BCUT2D eigenvalue weighted by atomic mass is 9.88. The summed E-state index contributed by atoms with van der Waals surface area (Å²) in [5.74, 6) is 1.27. The van der Waals surface area contributed by atoms with Crippen LogP contribution in [0, 0.1) is 5.92 Å². The third kappa shape index (κ3) is 3.02. The summed E-state index contributed by atoms with van der Waals surface area (Å²) in [4.78, 5) is 4.64. The van der Waals surface area contributed by atoms with Gasteiger partial charge in [-0.3, -0.25) is 4.98 Å². The number of pyridine rings is 1. The van der Waals surface area contributed by atoms with Crippen LogP contribution >= 0.6 is 0 Å². The summed E-state index contributed by atoms with van der Waals surface area (Å²) in [6.45, 7) is 2.37. The van der Waals surface area contributed by atoms with E-state index in [2.05, 4.69) is 11.9 Å². The zero-order valence-corrected chi connectivity index (χ0v) is 13.1. The number of benzene rings is 1. The predicted octanol–water partition coefficient (Wildman–Crippen LogP) is 3.31. The van der Waals surface area contributed by atoms with E-state index in [9.17, 15) is 5.11 Å². The van der Waals surface area contributed by atoms with Gasteiger partial charge in [-0.25, -0.2) is 0 Å². The number of ether oxygens (including phenoxy) is 1. The van der Waals surface area contributed by atoms with Gasteiger partial charge in [-0.15, -0.1) is 0 Å². The highest BCUT2D eigenvalue weighted by molar-refractivity contribution is 5.95. The minimum absolute atomic E-state index is 0.207. The van der Waals surface area contributed by atoms with Crippen molar-refractivity contribution in [2.75, 3.05) is 12.3 Å². The Morgan fingerprint density at radius 3 is 2.73 bits per heavy atom. The van der Waals surface area contributed by atoms with Crippen LogP contribution in [0.3, 0.4) is 0 Å². The number of rotatable bonds is 4. The second-order valence-corrected chi connectivity index (χ2v) is 6.15. The lowest BCUT2D eigenvalue weighted by molar-refractivity contribution is 0.105. The van der Waals surface area contributed by atoms with Crippen LogP contribution in [0.1, 0.15) is 38.3 Å². The molecule has 0 amide bonds. The van der Waals surface area contributed by atoms with Crippen LogP contribution in [0.25, 0.3) is 10.9 Å². The van der Waals surface area contributed by atoms with Gasteiger partial charge in [0.25, 0.3) is 0 Å². The Hall–Kier alpha value is -1.81. The van der Waals surface area contributed by atoms with Crippen molar-refractivity contribution in [3.05, 3.63) is 30.0 Å². The number of aliphatic hydroxyl groups is 1. The Morgan fingerprint density at radius 2 is 2.05 bits per heavy atom. The monoisotopic (exact) mass is 300 g/mol. The molecule has 0 bridgehead atoms. The molecule has 0 unspecified atom stereocenters. The number of nitrogens with two attached hydrogens (primary N) is 1. The molecule has 0 aliphatic heterocycles. The predicted molar refractivity (Wildman–Crippen MR) is 89.0 cm³/mol. The van der Waals surface area contributed by atoms with Crippen molar-refractivity contribution < 1.29 is 9.84 Å². The number of fused-ring (bicyclic) bond motifs is 1. The first-order chi connectivity index (χ1) is 10.7. The van der Waals surface area contributed by atoms with Crippen molar-refractivity contribution in [2.45, 2.75) is 45.1 Å². The van der Waals surface area contributed by atoms with Gasteiger partial charge >= 0.3 is 0 Å². The summed E-state index contributed by atoms with van der Waals surface area (Å²) in [5, 5.41) is 10.1. The fourth-order valence-corrected chi connectivity index (χ4v) is 3.23. The van der Waals surface area contributed by atoms with Gasteiger partial charge in [0.1, 0.15) is 5.75 Å². The highest BCUT2D eigenvalue weighted by Gasteiger charge is 2.22. The van der Waals surface area contributed by atoms with Crippen molar-refractivity contribution >= 4 is 16.6 Å². The molecular weight excluding hydrogens is 276 g/mol. The molecule has 1 heterocycles. The highest BCUT2D eigenvalue weighted by Crippen LogP contribution is 2.34. The molecule has 2 aromatic rings. The molecule has 4 heteroatoms. The third-order valence-corrected chi connectivity index (χ3v) is 4.59. The Morgan fingerprint density at radius 1 is 1.27 bits per heavy atom. The molecule has 4 nitrogen and oxygen atoms in total. The average molecular weight is 300 g/mol. The van der Waals surface area contributed by atoms with Gasteiger partial charge in [-0.2, -0.15) is 0 Å². The number of aromatic nitrogens is 1. The van der Waals surface area contributed by atoms with E-state index in [-0.39, 0.29) is 12.7 Å². The number of anilines is 1. The smallest absolute Gasteiger partial charge is 0.131 e. The molecule has 0 spiro atoms. The zero-order valence-electron chi connectivity index (χ0n) is 13.1. The molecule has 3 rings (SSSR count). The largest absolute Gasteiger partial charge is 0.490 e. The third-order valence-electron chi connectivity index (χ3n) is 4.59. The van der Waals surface area contributed by atoms with Crippen LogP contribution in [-0.2, 0) is 6.42 Å². The maximum atomic E-state index is 9.23. The second kappa shape index (κ2) is 6.53. The average Bonchev–Trinajstić information content (AvgIpc) is 2.55. The zero-order chi connectivity index (χ0) is 15.5. The Balaban J connectivity index is 1.85. The summed E-state index contributed by atoms with van der Waals surface area (Å²) in [5.41, 5.74) is 8.87. The Bertz CT molecular complexity index is 649. The maximum Gasteiger partial charge on any atom is 0.131 e. The van der Waals surface area contributed by atoms with Crippen LogP contribution in [0.2, 0.25) is 0 Å². The first kappa shape index (κ1) is 15.1. The molecule has 1 aromatic carbocycles. The first-order valence-corrected chi connectivity index (χ1v) is 8.17. The summed E-state index contributed by atoms with van der Waals surface area (Å²) in [7, 11) is 0. The number of hydrogen-bond acceptors (Lipinski definition) is 4. The van der Waals surface area contributed by atoms with E-state index in [4.69, 9.17) is 10.5 Å². The molecule has 1 fully saturated rings. The molecule has 1 aliphatic rings. The molecule has 1 aliphatic carbocycles. The molecule has 22 heavy (non-hydrogen) atoms. The van der Waals surface area contributed by atoms with E-state index in [1.807, 2.05) is 24.3 Å². The van der Waals surface area contributed by atoms with Crippen LogP contribution in [0.4, 0.5) is 5.69 Å². The highest BCUT2D eigenvalue weighted by atomic mass is 16.5. The van der Waals surface area contributed by atoms with Gasteiger partial charge in [0.15, 0.2) is 0 Å². The van der Waals surface area contributed by atoms with Gasteiger partial charge in [-0.05, 0) is 56.2 Å². The van der Waals surface area contributed by atoms with Crippen molar-refractivity contribution in [3.63, 3.8) is 0 Å². The topological polar surface area (TPSA) is 68.4 Å². The summed E-state index contributed by atoms with van der Waals surface area (Å²) < 4.78 is 6.21. The van der Waals surface area contributed by atoms with E-state index in [0.717, 1.165) is 60.1 Å². The summed E-state index contributed by atoms with van der Waals surface area (Å²) in [6.07, 6.45) is 5.11. The van der Waals surface area contributed by atoms with Crippen molar-refractivity contribution in [1.29, 1.82) is 0 Å². The van der Waals surface area contributed by atoms with Gasteiger partial charge in [0.05, 0.1) is 17.0 Å². The molecule has 0 saturated heterocycles. The fraction of sp³-hybridized carbons (Fsp3) is 0.500. The van der Waals surface area contributed by atoms with Crippen molar-refractivity contribution in [1.82, 2.24) is 4.98 Å². The van der Waals surface area contributed by atoms with E-state index in [1.165, 1.54) is 0 Å². The van der Waals surface area contributed by atoms with E-state index in [1.54, 1.807) is 0 Å². The summed E-state index contributed by atoms with van der Waals surface area (Å²) in [6, 6.07) is 7.88. The summed E-state index contributed by atoms with van der Waals surface area (Å²) >= 11 is 0. The SMILES string of the molecule is CCc1cc(N)c2c(O[C@H]3CC[C@H](CO)CC3)cccc2n1. The van der Waals surface area contributed by atoms with Gasteiger partial charge in [0, 0.05) is 18.0 Å². The molecule has 118 valence electrons. The number of aliphatic hydroxyl groups excluding tert-OH is 1. The molecular formula is C18H24N2O2. The quantitative estimate of drug-likeness (QED) is 0.909. The van der Waals surface area contributed by atoms with E-state index >= 15 is 0 Å². The van der Waals surface area contributed by atoms with Crippen LogP contribution in [-0.4, -0.2) is 22.8 Å². The molecule has 1 saturated carbocycles. The lowest BCUT2D eigenvalue weighted by Crippen LogP contribution is -2.25. The van der Waals surface area contributed by atoms with Crippen LogP contribution in [0.15, 0.2) is 24.3 Å². The molecule has 0 atom stereocenters. The van der Waals surface area contributed by atoms with Gasteiger partial charge < -0.3 is 15.6 Å². The normalized spacial score (nSPS) is 21.9. The van der Waals surface area contributed by atoms with E-state index in [0.29, 0.717) is 5.92 Å². The number of nitrogens with zero attached hydrogens (tertiary/aromatic N) is 1. The number of hydrogen-bond donors (Lipinski definition) is 2. The van der Waals surface area contributed by atoms with Crippen molar-refractivity contribution in [3.8, 4) is 5.75 Å². The Labute approximate surface area is 131 Å². The number of nitrogen functional groups attached to an aromatic ring is 1. The first-order valence-electron chi connectivity index (χ1n) is 8.17.